The standard InChI is InChI=1S/C23H29FN4O3/c1-25-21(29)17-15-26-28(16-17)18-5-4-11-27(12-8-18)22(30)23(9-13-31-14-10-23)19-6-2-3-7-20(19)24/h2-3,6-7,15-16,18H,4-5,8-14H2,1H3,(H,25,29)/t18-/m1/s1. The average molecular weight is 429 g/mol. The van der Waals surface area contributed by atoms with Gasteiger partial charge < -0.3 is 15.0 Å². The van der Waals surface area contributed by atoms with Crippen LogP contribution in [0.25, 0.3) is 0 Å². The van der Waals surface area contributed by atoms with E-state index in [1.54, 1.807) is 37.6 Å². The normalized spacial score (nSPS) is 21.4. The van der Waals surface area contributed by atoms with E-state index in [-0.39, 0.29) is 23.7 Å². The fourth-order valence-corrected chi connectivity index (χ4v) is 4.82. The third-order valence-corrected chi connectivity index (χ3v) is 6.59. The van der Waals surface area contributed by atoms with Crippen molar-refractivity contribution in [3.05, 3.63) is 53.6 Å². The molecule has 1 aromatic heterocycles. The molecule has 3 heterocycles. The molecular weight excluding hydrogens is 399 g/mol. The molecule has 31 heavy (non-hydrogen) atoms. The number of rotatable bonds is 4. The van der Waals surface area contributed by atoms with Gasteiger partial charge in [0.1, 0.15) is 5.82 Å². The second kappa shape index (κ2) is 9.18. The molecular formula is C23H29FN4O3. The number of ether oxygens (including phenoxy) is 1. The largest absolute Gasteiger partial charge is 0.381 e. The molecule has 1 atom stereocenters. The Labute approximate surface area is 181 Å². The van der Waals surface area contributed by atoms with Gasteiger partial charge in [-0.15, -0.1) is 0 Å². The molecule has 8 heteroatoms. The minimum Gasteiger partial charge on any atom is -0.381 e. The average Bonchev–Trinajstić information content (AvgIpc) is 3.17. The maximum absolute atomic E-state index is 14.8. The van der Waals surface area contributed by atoms with Crippen LogP contribution in [-0.4, -0.2) is 59.8 Å². The van der Waals surface area contributed by atoms with Crippen molar-refractivity contribution in [3.8, 4) is 0 Å². The first kappa shape index (κ1) is 21.5. The summed E-state index contributed by atoms with van der Waals surface area (Å²) in [6.07, 6.45) is 6.75. The highest BCUT2D eigenvalue weighted by atomic mass is 19.1. The number of halogens is 1. The Kier molecular flexibility index (Phi) is 6.36. The van der Waals surface area contributed by atoms with E-state index in [4.69, 9.17) is 4.74 Å². The molecule has 2 aliphatic heterocycles. The number of likely N-dealkylation sites (tertiary alicyclic amines) is 1. The van der Waals surface area contributed by atoms with E-state index in [9.17, 15) is 14.0 Å². The highest BCUT2D eigenvalue weighted by Crippen LogP contribution is 2.39. The van der Waals surface area contributed by atoms with Gasteiger partial charge in [-0.3, -0.25) is 14.3 Å². The second-order valence-electron chi connectivity index (χ2n) is 8.34. The van der Waals surface area contributed by atoms with Crippen LogP contribution in [-0.2, 0) is 14.9 Å². The summed E-state index contributed by atoms with van der Waals surface area (Å²) in [5.41, 5.74) is 0.133. The molecule has 2 saturated heterocycles. The fourth-order valence-electron chi connectivity index (χ4n) is 4.82. The zero-order valence-electron chi connectivity index (χ0n) is 17.8. The van der Waals surface area contributed by atoms with E-state index in [1.807, 2.05) is 9.58 Å². The Morgan fingerprint density at radius 2 is 1.97 bits per heavy atom. The molecule has 2 aromatic rings. The first-order chi connectivity index (χ1) is 15.0. The number of benzene rings is 1. The zero-order chi connectivity index (χ0) is 21.8. The minimum absolute atomic E-state index is 0.00642. The van der Waals surface area contributed by atoms with E-state index < -0.39 is 5.41 Å². The van der Waals surface area contributed by atoms with Crippen molar-refractivity contribution in [1.29, 1.82) is 0 Å². The number of carbonyl (C=O) groups excluding carboxylic acids is 2. The highest BCUT2D eigenvalue weighted by molar-refractivity contribution is 5.93. The molecule has 1 aromatic carbocycles. The van der Waals surface area contributed by atoms with E-state index in [0.717, 1.165) is 19.3 Å². The van der Waals surface area contributed by atoms with Crippen LogP contribution < -0.4 is 5.32 Å². The number of aromatic nitrogens is 2. The van der Waals surface area contributed by atoms with Crippen LogP contribution in [0.15, 0.2) is 36.7 Å². The highest BCUT2D eigenvalue weighted by Gasteiger charge is 2.45. The van der Waals surface area contributed by atoms with Crippen molar-refractivity contribution in [2.24, 2.45) is 0 Å². The monoisotopic (exact) mass is 428 g/mol. The van der Waals surface area contributed by atoms with Crippen LogP contribution >= 0.6 is 0 Å². The SMILES string of the molecule is CNC(=O)c1cnn([C@@H]2CCCN(C(=O)C3(c4ccccc4F)CCOCC3)CC2)c1. The number of carbonyl (C=O) groups is 2. The van der Waals surface area contributed by atoms with Gasteiger partial charge in [-0.25, -0.2) is 4.39 Å². The lowest BCUT2D eigenvalue weighted by molar-refractivity contribution is -0.141. The van der Waals surface area contributed by atoms with Gasteiger partial charge in [0.25, 0.3) is 5.91 Å². The number of amides is 2. The fraction of sp³-hybridized carbons (Fsp3) is 0.522. The lowest BCUT2D eigenvalue weighted by Gasteiger charge is -2.40. The van der Waals surface area contributed by atoms with E-state index in [2.05, 4.69) is 10.4 Å². The van der Waals surface area contributed by atoms with Gasteiger partial charge in [0.2, 0.25) is 5.91 Å². The molecule has 0 radical (unpaired) electrons. The molecule has 4 rings (SSSR count). The van der Waals surface area contributed by atoms with Crippen LogP contribution in [0, 0.1) is 5.82 Å². The first-order valence-corrected chi connectivity index (χ1v) is 10.9. The molecule has 0 saturated carbocycles. The van der Waals surface area contributed by atoms with Gasteiger partial charge in [0.05, 0.1) is 23.2 Å². The van der Waals surface area contributed by atoms with Gasteiger partial charge in [-0.05, 0) is 38.2 Å². The zero-order valence-corrected chi connectivity index (χ0v) is 17.8. The van der Waals surface area contributed by atoms with Crippen molar-refractivity contribution in [2.45, 2.75) is 43.6 Å². The molecule has 2 fully saturated rings. The van der Waals surface area contributed by atoms with Crippen molar-refractivity contribution in [1.82, 2.24) is 20.0 Å². The van der Waals surface area contributed by atoms with Gasteiger partial charge in [0, 0.05) is 45.1 Å². The Hall–Kier alpha value is -2.74. The van der Waals surface area contributed by atoms with Crippen LogP contribution in [0.3, 0.4) is 0 Å². The Morgan fingerprint density at radius 3 is 2.71 bits per heavy atom. The summed E-state index contributed by atoms with van der Waals surface area (Å²) < 4.78 is 22.1. The van der Waals surface area contributed by atoms with Crippen LogP contribution in [0.5, 0.6) is 0 Å². The predicted molar refractivity (Wildman–Crippen MR) is 113 cm³/mol. The summed E-state index contributed by atoms with van der Waals surface area (Å²) in [5.74, 6) is -0.500. The Bertz CT molecular complexity index is 938. The quantitative estimate of drug-likeness (QED) is 0.812. The minimum atomic E-state index is -0.873. The molecule has 0 unspecified atom stereocenters. The second-order valence-corrected chi connectivity index (χ2v) is 8.34. The number of nitrogens with zero attached hydrogens (tertiary/aromatic N) is 3. The molecule has 2 amide bonds. The summed E-state index contributed by atoms with van der Waals surface area (Å²) in [7, 11) is 1.59. The lowest BCUT2D eigenvalue weighted by atomic mass is 9.72. The van der Waals surface area contributed by atoms with Crippen LogP contribution in [0.2, 0.25) is 0 Å². The first-order valence-electron chi connectivity index (χ1n) is 10.9. The molecule has 7 nitrogen and oxygen atoms in total. The van der Waals surface area contributed by atoms with Gasteiger partial charge >= 0.3 is 0 Å². The topological polar surface area (TPSA) is 76.5 Å². The third kappa shape index (κ3) is 4.21. The predicted octanol–water partition coefficient (Wildman–Crippen LogP) is 2.68. The van der Waals surface area contributed by atoms with Gasteiger partial charge in [0.15, 0.2) is 0 Å². The molecule has 1 N–H and O–H groups in total. The van der Waals surface area contributed by atoms with E-state index >= 15 is 0 Å². The summed E-state index contributed by atoms with van der Waals surface area (Å²) in [6.45, 7) is 2.11. The summed E-state index contributed by atoms with van der Waals surface area (Å²) in [5, 5.41) is 6.98. The Balaban J connectivity index is 1.52. The van der Waals surface area contributed by atoms with E-state index in [0.29, 0.717) is 50.3 Å². The number of hydrogen-bond acceptors (Lipinski definition) is 4. The number of nitrogens with one attached hydrogen (secondary N) is 1. The van der Waals surface area contributed by atoms with Crippen molar-refractivity contribution in [2.75, 3.05) is 33.4 Å². The van der Waals surface area contributed by atoms with Crippen LogP contribution in [0.4, 0.5) is 4.39 Å². The third-order valence-electron chi connectivity index (χ3n) is 6.59. The number of hydrogen-bond donors (Lipinski definition) is 1. The summed E-state index contributed by atoms with van der Waals surface area (Å²) in [4.78, 5) is 27.5. The van der Waals surface area contributed by atoms with E-state index in [1.165, 1.54) is 6.07 Å². The van der Waals surface area contributed by atoms with Gasteiger partial charge in [-0.2, -0.15) is 5.10 Å². The lowest BCUT2D eigenvalue weighted by Crippen LogP contribution is -2.50. The summed E-state index contributed by atoms with van der Waals surface area (Å²) >= 11 is 0. The van der Waals surface area contributed by atoms with Crippen molar-refractivity contribution >= 4 is 11.8 Å². The molecule has 0 aliphatic carbocycles. The molecule has 166 valence electrons. The van der Waals surface area contributed by atoms with Crippen molar-refractivity contribution < 1.29 is 18.7 Å². The maximum Gasteiger partial charge on any atom is 0.254 e. The van der Waals surface area contributed by atoms with Crippen molar-refractivity contribution in [3.63, 3.8) is 0 Å². The summed E-state index contributed by atoms with van der Waals surface area (Å²) in [6, 6.07) is 6.74. The maximum atomic E-state index is 14.8. The molecule has 2 aliphatic rings. The molecule has 0 bridgehead atoms. The molecule has 0 spiro atoms. The smallest absolute Gasteiger partial charge is 0.254 e. The van der Waals surface area contributed by atoms with Gasteiger partial charge in [-0.1, -0.05) is 18.2 Å². The van der Waals surface area contributed by atoms with Crippen LogP contribution in [0.1, 0.15) is 54.1 Å². The Morgan fingerprint density at radius 1 is 1.19 bits per heavy atom.